The molecule has 4 nitrogen and oxygen atoms in total. The third kappa shape index (κ3) is 2.67. The van der Waals surface area contributed by atoms with Crippen molar-refractivity contribution in [2.24, 2.45) is 0 Å². The molecule has 110 valence electrons. The van der Waals surface area contributed by atoms with Crippen LogP contribution < -0.4 is 15.0 Å². The van der Waals surface area contributed by atoms with Gasteiger partial charge < -0.3 is 19.7 Å². The molecular weight excluding hydrogens is 320 g/mol. The highest BCUT2D eigenvalue weighted by atomic mass is 79.9. The Morgan fingerprint density at radius 3 is 3.10 bits per heavy atom. The van der Waals surface area contributed by atoms with Gasteiger partial charge >= 0.3 is 0 Å². The highest BCUT2D eigenvalue weighted by Gasteiger charge is 2.25. The van der Waals surface area contributed by atoms with E-state index in [0.717, 1.165) is 58.0 Å². The molecule has 1 N–H and O–H groups in total. The molecule has 0 saturated heterocycles. The number of benzene rings is 1. The second-order valence-electron chi connectivity index (χ2n) is 5.25. The smallest absolute Gasteiger partial charge is 0.144 e. The van der Waals surface area contributed by atoms with Gasteiger partial charge in [0.1, 0.15) is 12.4 Å². The number of nitrogens with zero attached hydrogens (tertiary/aromatic N) is 1. The number of ether oxygens (including phenoxy) is 2. The van der Waals surface area contributed by atoms with E-state index in [1.807, 2.05) is 0 Å². The Bertz CT molecular complexity index is 493. The van der Waals surface area contributed by atoms with Gasteiger partial charge in [0.15, 0.2) is 0 Å². The van der Waals surface area contributed by atoms with E-state index in [0.29, 0.717) is 0 Å². The Labute approximate surface area is 128 Å². The number of anilines is 1. The van der Waals surface area contributed by atoms with Crippen molar-refractivity contribution in [1.82, 2.24) is 5.32 Å². The van der Waals surface area contributed by atoms with Gasteiger partial charge in [0.2, 0.25) is 0 Å². The molecule has 0 radical (unpaired) electrons. The van der Waals surface area contributed by atoms with E-state index in [2.05, 4.69) is 32.2 Å². The average molecular weight is 341 g/mol. The van der Waals surface area contributed by atoms with Gasteiger partial charge in [-0.25, -0.2) is 0 Å². The predicted molar refractivity (Wildman–Crippen MR) is 84.0 cm³/mol. The minimum atomic E-state index is 0.741. The molecule has 0 fully saturated rings. The molecule has 1 aromatic rings. The van der Waals surface area contributed by atoms with Crippen LogP contribution in [0.25, 0.3) is 0 Å². The van der Waals surface area contributed by atoms with Gasteiger partial charge in [0.25, 0.3) is 0 Å². The van der Waals surface area contributed by atoms with Crippen LogP contribution in [0.15, 0.2) is 10.5 Å². The highest BCUT2D eigenvalue weighted by molar-refractivity contribution is 9.10. The predicted octanol–water partition coefficient (Wildman–Crippen LogP) is 1.98. The third-order valence-corrected chi connectivity index (χ3v) is 4.88. The summed E-state index contributed by atoms with van der Waals surface area (Å²) >= 11 is 3.83. The maximum atomic E-state index is 5.89. The van der Waals surface area contributed by atoms with Gasteiger partial charge in [0.05, 0.1) is 18.8 Å². The second kappa shape index (κ2) is 6.33. The van der Waals surface area contributed by atoms with E-state index in [9.17, 15) is 0 Å². The fourth-order valence-electron chi connectivity index (χ4n) is 2.97. The molecule has 0 aliphatic carbocycles. The molecular formula is C15H21BrN2O2. The summed E-state index contributed by atoms with van der Waals surface area (Å²) < 4.78 is 12.3. The lowest BCUT2D eigenvalue weighted by molar-refractivity contribution is 0.201. The standard InChI is InChI=1S/C15H21BrN2O2/c1-19-8-6-18-7-9-20-13-10-11-2-4-17-5-3-12(11)14(16)15(13)18/h10,17H,2-9H2,1H3. The molecule has 0 saturated carbocycles. The molecule has 2 heterocycles. The summed E-state index contributed by atoms with van der Waals surface area (Å²) in [6, 6.07) is 2.24. The third-order valence-electron chi connectivity index (χ3n) is 4.02. The topological polar surface area (TPSA) is 33.7 Å². The van der Waals surface area contributed by atoms with Crippen molar-refractivity contribution < 1.29 is 9.47 Å². The van der Waals surface area contributed by atoms with Crippen LogP contribution in [-0.2, 0) is 17.6 Å². The minimum Gasteiger partial charge on any atom is -0.490 e. The van der Waals surface area contributed by atoms with Crippen molar-refractivity contribution in [3.63, 3.8) is 0 Å². The maximum absolute atomic E-state index is 5.89. The van der Waals surface area contributed by atoms with Gasteiger partial charge in [-0.1, -0.05) is 0 Å². The van der Waals surface area contributed by atoms with Crippen molar-refractivity contribution in [2.45, 2.75) is 12.8 Å². The largest absolute Gasteiger partial charge is 0.490 e. The number of rotatable bonds is 3. The summed E-state index contributed by atoms with van der Waals surface area (Å²) in [7, 11) is 1.75. The van der Waals surface area contributed by atoms with Crippen molar-refractivity contribution in [2.75, 3.05) is 51.4 Å². The van der Waals surface area contributed by atoms with E-state index in [1.165, 1.54) is 21.3 Å². The van der Waals surface area contributed by atoms with Gasteiger partial charge in [0, 0.05) is 18.1 Å². The summed E-state index contributed by atoms with van der Waals surface area (Å²) in [5.41, 5.74) is 4.05. The normalized spacial score (nSPS) is 18.0. The monoisotopic (exact) mass is 340 g/mol. The van der Waals surface area contributed by atoms with Crippen molar-refractivity contribution in [1.29, 1.82) is 0 Å². The van der Waals surface area contributed by atoms with Crippen LogP contribution in [-0.4, -0.2) is 46.5 Å². The van der Waals surface area contributed by atoms with E-state index < -0.39 is 0 Å². The minimum absolute atomic E-state index is 0.741. The van der Waals surface area contributed by atoms with Gasteiger partial charge in [-0.15, -0.1) is 0 Å². The number of hydrogen-bond donors (Lipinski definition) is 1. The summed E-state index contributed by atoms with van der Waals surface area (Å²) in [6.07, 6.45) is 2.14. The molecule has 2 aliphatic heterocycles. The summed E-state index contributed by atoms with van der Waals surface area (Å²) in [6.45, 7) is 5.41. The van der Waals surface area contributed by atoms with E-state index in [-0.39, 0.29) is 0 Å². The summed E-state index contributed by atoms with van der Waals surface area (Å²) in [5.74, 6) is 1.01. The first-order valence-corrected chi connectivity index (χ1v) is 8.02. The molecule has 0 atom stereocenters. The molecule has 2 aliphatic rings. The Hall–Kier alpha value is -0.780. The van der Waals surface area contributed by atoms with Crippen molar-refractivity contribution >= 4 is 21.6 Å². The zero-order valence-electron chi connectivity index (χ0n) is 11.9. The lowest BCUT2D eigenvalue weighted by atomic mass is 10.0. The average Bonchev–Trinajstić information content (AvgIpc) is 2.70. The van der Waals surface area contributed by atoms with Crippen molar-refractivity contribution in [3.05, 3.63) is 21.7 Å². The van der Waals surface area contributed by atoms with Crippen LogP contribution in [0, 0.1) is 0 Å². The molecule has 0 spiro atoms. The van der Waals surface area contributed by atoms with Gasteiger partial charge in [-0.3, -0.25) is 0 Å². The second-order valence-corrected chi connectivity index (χ2v) is 6.05. The zero-order chi connectivity index (χ0) is 13.9. The number of nitrogens with one attached hydrogen (secondary N) is 1. The van der Waals surface area contributed by atoms with Crippen LogP contribution in [0.4, 0.5) is 5.69 Å². The lowest BCUT2D eigenvalue weighted by Gasteiger charge is -2.33. The number of fused-ring (bicyclic) bond motifs is 2. The van der Waals surface area contributed by atoms with Gasteiger partial charge in [-0.2, -0.15) is 0 Å². The van der Waals surface area contributed by atoms with Crippen molar-refractivity contribution in [3.8, 4) is 5.75 Å². The first-order valence-electron chi connectivity index (χ1n) is 7.23. The van der Waals surface area contributed by atoms with Crippen LogP contribution in [0.5, 0.6) is 5.75 Å². The van der Waals surface area contributed by atoms with Gasteiger partial charge in [-0.05, 0) is 59.1 Å². The SMILES string of the molecule is COCCN1CCOc2cc3c(c(Br)c21)CCNCC3. The van der Waals surface area contributed by atoms with Crippen LogP contribution in [0.1, 0.15) is 11.1 Å². The maximum Gasteiger partial charge on any atom is 0.144 e. The Balaban J connectivity index is 2.00. The molecule has 20 heavy (non-hydrogen) atoms. The molecule has 3 rings (SSSR count). The fourth-order valence-corrected chi connectivity index (χ4v) is 3.87. The molecule has 0 unspecified atom stereocenters. The van der Waals surface area contributed by atoms with Crippen LogP contribution in [0.3, 0.4) is 0 Å². The zero-order valence-corrected chi connectivity index (χ0v) is 13.5. The highest BCUT2D eigenvalue weighted by Crippen LogP contribution is 2.42. The number of hydrogen-bond acceptors (Lipinski definition) is 4. The quantitative estimate of drug-likeness (QED) is 0.912. The first-order chi connectivity index (χ1) is 9.81. The Kier molecular flexibility index (Phi) is 4.48. The molecule has 1 aromatic carbocycles. The first kappa shape index (κ1) is 14.2. The number of halogens is 1. The Morgan fingerprint density at radius 1 is 1.40 bits per heavy atom. The number of methoxy groups -OCH3 is 1. The van der Waals surface area contributed by atoms with E-state index in [1.54, 1.807) is 7.11 Å². The molecule has 0 aromatic heterocycles. The van der Waals surface area contributed by atoms with E-state index >= 15 is 0 Å². The lowest BCUT2D eigenvalue weighted by Crippen LogP contribution is -2.35. The van der Waals surface area contributed by atoms with Crippen LogP contribution >= 0.6 is 15.9 Å². The van der Waals surface area contributed by atoms with Crippen LogP contribution in [0.2, 0.25) is 0 Å². The summed E-state index contributed by atoms with van der Waals surface area (Å²) in [4.78, 5) is 2.37. The summed E-state index contributed by atoms with van der Waals surface area (Å²) in [5, 5.41) is 3.46. The molecule has 0 amide bonds. The van der Waals surface area contributed by atoms with E-state index in [4.69, 9.17) is 9.47 Å². The molecule has 5 heteroatoms. The fraction of sp³-hybridized carbons (Fsp3) is 0.600. The molecule has 0 bridgehead atoms. The Morgan fingerprint density at radius 2 is 2.25 bits per heavy atom.